The van der Waals surface area contributed by atoms with Crippen LogP contribution in [0.2, 0.25) is 0 Å². The van der Waals surface area contributed by atoms with Gasteiger partial charge in [0.1, 0.15) is 18.8 Å². The van der Waals surface area contributed by atoms with Crippen molar-refractivity contribution in [1.29, 1.82) is 0 Å². The number of carbonyl (C=O) groups excluding carboxylic acids is 3. The SMILES string of the molecule is O=C(O)C=CC(=O)OC[C@H](OC(=O)C=CC(=O)O)[C@@H](OC(=O)C=CC(=O)O)[C@H](O)[C@H](O)CO. The smallest absolute Gasteiger partial charge is 0.331 e. The predicted octanol–water partition coefficient (Wildman–Crippen LogP) is -3.01. The summed E-state index contributed by atoms with van der Waals surface area (Å²) in [6.45, 7) is -2.11. The standard InChI is InChI=1S/C18H20O15/c19-7-9(20)17(30)18(33-16(29)6-3-13(25)26)10(32-15(28)5-2-12(23)24)8-31-14(27)4-1-11(21)22/h1-6,9-10,17-20,30H,7-8H2,(H,21,22)(H,23,24)(H,25,26)/t9-,10+,17-,18-/m1/s1. The van der Waals surface area contributed by atoms with Gasteiger partial charge in [0.25, 0.3) is 0 Å². The van der Waals surface area contributed by atoms with Gasteiger partial charge in [0.15, 0.2) is 12.2 Å². The Morgan fingerprint density at radius 1 is 0.667 bits per heavy atom. The molecule has 6 N–H and O–H groups in total. The molecule has 0 aromatic rings. The summed E-state index contributed by atoms with van der Waals surface area (Å²) >= 11 is 0. The fourth-order valence-corrected chi connectivity index (χ4v) is 1.88. The number of carbonyl (C=O) groups is 6. The quantitative estimate of drug-likeness (QED) is 0.0829. The summed E-state index contributed by atoms with van der Waals surface area (Å²) in [5, 5.41) is 54.5. The lowest BCUT2D eigenvalue weighted by Crippen LogP contribution is -2.51. The number of esters is 3. The molecular formula is C18H20O15. The topological polar surface area (TPSA) is 251 Å². The molecule has 0 aliphatic heterocycles. The van der Waals surface area contributed by atoms with Gasteiger partial charge in [0, 0.05) is 36.5 Å². The Morgan fingerprint density at radius 2 is 1.09 bits per heavy atom. The first-order valence-corrected chi connectivity index (χ1v) is 8.65. The molecule has 4 atom stereocenters. The van der Waals surface area contributed by atoms with Crippen LogP contribution >= 0.6 is 0 Å². The van der Waals surface area contributed by atoms with E-state index in [1.54, 1.807) is 0 Å². The van der Waals surface area contributed by atoms with Crippen LogP contribution < -0.4 is 0 Å². The Morgan fingerprint density at radius 3 is 1.52 bits per heavy atom. The summed E-state index contributed by atoms with van der Waals surface area (Å²) in [4.78, 5) is 66.8. The lowest BCUT2D eigenvalue weighted by Gasteiger charge is -2.31. The molecule has 0 radical (unpaired) electrons. The third-order valence-electron chi connectivity index (χ3n) is 3.28. The lowest BCUT2D eigenvalue weighted by atomic mass is 10.0. The highest BCUT2D eigenvalue weighted by Gasteiger charge is 2.38. The van der Waals surface area contributed by atoms with E-state index in [-0.39, 0.29) is 0 Å². The Balaban J connectivity index is 5.91. The van der Waals surface area contributed by atoms with Crippen LogP contribution in [0.1, 0.15) is 0 Å². The van der Waals surface area contributed by atoms with Gasteiger partial charge in [-0.05, 0) is 0 Å². The summed E-state index contributed by atoms with van der Waals surface area (Å²) in [5.41, 5.74) is 0. The molecule has 0 saturated heterocycles. The van der Waals surface area contributed by atoms with E-state index in [9.17, 15) is 39.0 Å². The monoisotopic (exact) mass is 476 g/mol. The molecule has 182 valence electrons. The summed E-state index contributed by atoms with van der Waals surface area (Å²) in [5.74, 6) is -8.72. The van der Waals surface area contributed by atoms with Crippen LogP contribution in [0.3, 0.4) is 0 Å². The van der Waals surface area contributed by atoms with E-state index in [0.29, 0.717) is 36.5 Å². The number of hydrogen-bond donors (Lipinski definition) is 6. The van der Waals surface area contributed by atoms with Crippen molar-refractivity contribution in [1.82, 2.24) is 0 Å². The third kappa shape index (κ3) is 13.0. The first-order valence-electron chi connectivity index (χ1n) is 8.65. The highest BCUT2D eigenvalue weighted by Crippen LogP contribution is 2.15. The molecule has 0 aliphatic rings. The first-order chi connectivity index (χ1) is 15.4. The third-order valence-corrected chi connectivity index (χ3v) is 3.28. The van der Waals surface area contributed by atoms with Crippen molar-refractivity contribution in [3.8, 4) is 0 Å². The first kappa shape index (κ1) is 28.9. The molecule has 0 rings (SSSR count). The number of rotatable bonds is 14. The van der Waals surface area contributed by atoms with Crippen molar-refractivity contribution in [3.05, 3.63) is 36.5 Å². The molecule has 0 heterocycles. The van der Waals surface area contributed by atoms with Gasteiger partial charge in [0.2, 0.25) is 0 Å². The second-order valence-corrected chi connectivity index (χ2v) is 5.76. The predicted molar refractivity (Wildman–Crippen MR) is 100 cm³/mol. The Labute approximate surface area is 184 Å². The Bertz CT molecular complexity index is 825. The van der Waals surface area contributed by atoms with Crippen molar-refractivity contribution in [2.75, 3.05) is 13.2 Å². The van der Waals surface area contributed by atoms with Gasteiger partial charge in [-0.2, -0.15) is 0 Å². The number of aliphatic hydroxyl groups is 3. The van der Waals surface area contributed by atoms with Crippen molar-refractivity contribution in [2.45, 2.75) is 24.4 Å². The zero-order valence-electron chi connectivity index (χ0n) is 16.5. The van der Waals surface area contributed by atoms with Gasteiger partial charge in [-0.25, -0.2) is 28.8 Å². The van der Waals surface area contributed by atoms with E-state index in [0.717, 1.165) is 0 Å². The van der Waals surface area contributed by atoms with E-state index in [1.165, 1.54) is 0 Å². The number of carboxylic acids is 3. The average Bonchev–Trinajstić information content (AvgIpc) is 2.74. The number of aliphatic hydroxyl groups excluding tert-OH is 3. The van der Waals surface area contributed by atoms with Gasteiger partial charge < -0.3 is 44.8 Å². The fourth-order valence-electron chi connectivity index (χ4n) is 1.88. The normalized spacial score (nSPS) is 15.0. The van der Waals surface area contributed by atoms with Crippen LogP contribution in [0.25, 0.3) is 0 Å². The van der Waals surface area contributed by atoms with Gasteiger partial charge in [-0.1, -0.05) is 0 Å². The second-order valence-electron chi connectivity index (χ2n) is 5.76. The van der Waals surface area contributed by atoms with Crippen molar-refractivity contribution < 1.29 is 73.6 Å². The molecule has 0 spiro atoms. The van der Waals surface area contributed by atoms with Crippen LogP contribution in [0.4, 0.5) is 0 Å². The number of carboxylic acid groups (broad SMARTS) is 3. The molecule has 0 aromatic carbocycles. The highest BCUT2D eigenvalue weighted by atomic mass is 16.6. The van der Waals surface area contributed by atoms with Gasteiger partial charge in [0.05, 0.1) is 6.61 Å². The number of ether oxygens (including phenoxy) is 3. The largest absolute Gasteiger partial charge is 0.478 e. The fraction of sp³-hybridized carbons (Fsp3) is 0.333. The maximum Gasteiger partial charge on any atom is 0.331 e. The lowest BCUT2D eigenvalue weighted by molar-refractivity contribution is -0.187. The summed E-state index contributed by atoms with van der Waals surface area (Å²) in [6.07, 6.45) is -5.86. The van der Waals surface area contributed by atoms with Crippen LogP contribution in [-0.2, 0) is 43.0 Å². The van der Waals surface area contributed by atoms with Crippen LogP contribution in [-0.4, -0.2) is 104 Å². The minimum atomic E-state index is -2.19. The van der Waals surface area contributed by atoms with Crippen LogP contribution in [0.5, 0.6) is 0 Å². The van der Waals surface area contributed by atoms with Crippen molar-refractivity contribution in [2.24, 2.45) is 0 Å². The molecule has 0 aromatic heterocycles. The summed E-state index contributed by atoms with van der Waals surface area (Å²) in [7, 11) is 0. The molecule has 0 bridgehead atoms. The Hall–Kier alpha value is -4.08. The zero-order valence-corrected chi connectivity index (χ0v) is 16.5. The molecule has 0 aliphatic carbocycles. The molecule has 33 heavy (non-hydrogen) atoms. The van der Waals surface area contributed by atoms with Gasteiger partial charge in [-0.15, -0.1) is 0 Å². The number of aliphatic carboxylic acids is 3. The molecule has 0 unspecified atom stereocenters. The van der Waals surface area contributed by atoms with Gasteiger partial charge in [-0.3, -0.25) is 0 Å². The second kappa shape index (κ2) is 14.8. The van der Waals surface area contributed by atoms with E-state index in [2.05, 4.69) is 4.74 Å². The van der Waals surface area contributed by atoms with Crippen molar-refractivity contribution in [3.63, 3.8) is 0 Å². The maximum absolute atomic E-state index is 11.9. The summed E-state index contributed by atoms with van der Waals surface area (Å²) < 4.78 is 14.2. The van der Waals surface area contributed by atoms with Gasteiger partial charge >= 0.3 is 35.8 Å². The molecule has 15 nitrogen and oxygen atoms in total. The molecule has 15 heteroatoms. The maximum atomic E-state index is 11.9. The molecule has 0 saturated carbocycles. The summed E-state index contributed by atoms with van der Waals surface area (Å²) in [6, 6.07) is 0. The minimum absolute atomic E-state index is 0.349. The average molecular weight is 476 g/mol. The number of hydrogen-bond acceptors (Lipinski definition) is 12. The zero-order chi connectivity index (χ0) is 25.6. The van der Waals surface area contributed by atoms with E-state index in [4.69, 9.17) is 29.9 Å². The van der Waals surface area contributed by atoms with E-state index >= 15 is 0 Å². The Kier molecular flexibility index (Phi) is 13.0. The molecular weight excluding hydrogens is 456 g/mol. The molecule has 0 fully saturated rings. The van der Waals surface area contributed by atoms with E-state index < -0.39 is 73.4 Å². The molecule has 0 amide bonds. The minimum Gasteiger partial charge on any atom is -0.478 e. The van der Waals surface area contributed by atoms with Crippen LogP contribution in [0, 0.1) is 0 Å². The van der Waals surface area contributed by atoms with Crippen LogP contribution in [0.15, 0.2) is 36.5 Å². The van der Waals surface area contributed by atoms with E-state index in [1.807, 2.05) is 0 Å². The highest BCUT2D eigenvalue weighted by molar-refractivity contribution is 5.92. The van der Waals surface area contributed by atoms with Crippen molar-refractivity contribution >= 4 is 35.8 Å².